The van der Waals surface area contributed by atoms with E-state index in [0.29, 0.717) is 17.3 Å². The van der Waals surface area contributed by atoms with Gasteiger partial charge in [-0.3, -0.25) is 4.79 Å². The molecule has 0 radical (unpaired) electrons. The fraction of sp³-hybridized carbons (Fsp3) is 0.333. The van der Waals surface area contributed by atoms with E-state index < -0.39 is 49.7 Å². The third kappa shape index (κ3) is 5.06. The van der Waals surface area contributed by atoms with Crippen LogP contribution in [0.2, 0.25) is 0 Å². The van der Waals surface area contributed by atoms with Gasteiger partial charge in [-0.2, -0.15) is 0 Å². The number of sulfone groups is 1. The first-order valence-corrected chi connectivity index (χ1v) is 16.6. The lowest BCUT2D eigenvalue weighted by atomic mass is 9.98. The molecule has 2 heterocycles. The Morgan fingerprint density at radius 2 is 1.70 bits per heavy atom. The average molecular weight is 604 g/mol. The van der Waals surface area contributed by atoms with Crippen molar-refractivity contribution in [3.8, 4) is 11.1 Å². The molecule has 0 bridgehead atoms. The molecular formula is C27H29N3O7S3. The smallest absolute Gasteiger partial charge is 0.407 e. The van der Waals surface area contributed by atoms with E-state index in [0.717, 1.165) is 22.3 Å². The summed E-state index contributed by atoms with van der Waals surface area (Å²) in [6.07, 6.45) is 0.692. The van der Waals surface area contributed by atoms with Gasteiger partial charge in [0.15, 0.2) is 9.84 Å². The second kappa shape index (κ2) is 10.7. The van der Waals surface area contributed by atoms with Crippen LogP contribution in [0, 0.1) is 0 Å². The second-order valence-corrected chi connectivity index (χ2v) is 15.2. The summed E-state index contributed by atoms with van der Waals surface area (Å²) >= 11 is 0.602. The minimum absolute atomic E-state index is 0.0766. The third-order valence-corrected chi connectivity index (χ3v) is 12.8. The number of benzene rings is 2. The van der Waals surface area contributed by atoms with Gasteiger partial charge in [0.1, 0.15) is 21.6 Å². The Labute approximate surface area is 237 Å². The molecular weight excluding hydrogens is 575 g/mol. The Bertz CT molecular complexity index is 1620. The van der Waals surface area contributed by atoms with Crippen LogP contribution >= 0.6 is 11.8 Å². The van der Waals surface area contributed by atoms with Crippen molar-refractivity contribution in [3.63, 3.8) is 0 Å². The molecule has 1 aliphatic carbocycles. The van der Waals surface area contributed by atoms with Crippen molar-refractivity contribution in [1.82, 2.24) is 10.2 Å². The molecule has 2 aliphatic heterocycles. The van der Waals surface area contributed by atoms with Gasteiger partial charge in [-0.05, 0) is 54.2 Å². The van der Waals surface area contributed by atoms with Gasteiger partial charge in [-0.1, -0.05) is 60.3 Å². The van der Waals surface area contributed by atoms with Crippen molar-refractivity contribution in [2.24, 2.45) is 5.14 Å². The molecule has 0 saturated carbocycles. The summed E-state index contributed by atoms with van der Waals surface area (Å²) < 4.78 is 55.1. The van der Waals surface area contributed by atoms with Gasteiger partial charge in [0.05, 0.1) is 11.3 Å². The number of carbonyl (C=O) groups excluding carboxylic acids is 2. The number of carbonyl (C=O) groups is 2. The average Bonchev–Trinajstić information content (AvgIpc) is 3.36. The Balaban J connectivity index is 1.28. The first-order valence-electron chi connectivity index (χ1n) is 12.7. The van der Waals surface area contributed by atoms with E-state index in [1.165, 1.54) is 11.0 Å². The molecule has 3 N–H and O–H groups in total. The molecule has 0 saturated heterocycles. The predicted octanol–water partition coefficient (Wildman–Crippen LogP) is 3.04. The van der Waals surface area contributed by atoms with Crippen LogP contribution in [0.5, 0.6) is 0 Å². The van der Waals surface area contributed by atoms with Crippen LogP contribution in [0.1, 0.15) is 37.3 Å². The molecule has 3 aliphatic rings. The number of ether oxygens (including phenoxy) is 1. The van der Waals surface area contributed by atoms with Crippen LogP contribution in [-0.4, -0.2) is 64.7 Å². The lowest BCUT2D eigenvalue weighted by Crippen LogP contribution is -2.46. The number of alkyl carbamates (subject to hydrolysis) is 1. The van der Waals surface area contributed by atoms with Crippen molar-refractivity contribution in [1.29, 1.82) is 0 Å². The molecule has 0 spiro atoms. The van der Waals surface area contributed by atoms with Crippen LogP contribution in [-0.2, 0) is 29.4 Å². The Kier molecular flexibility index (Phi) is 7.59. The van der Waals surface area contributed by atoms with E-state index in [1.54, 1.807) is 13.8 Å². The maximum atomic E-state index is 13.2. The molecule has 10 nitrogen and oxygen atoms in total. The van der Waals surface area contributed by atoms with Crippen molar-refractivity contribution in [2.45, 2.75) is 37.5 Å². The molecule has 0 fully saturated rings. The van der Waals surface area contributed by atoms with Gasteiger partial charge in [0.2, 0.25) is 15.9 Å². The van der Waals surface area contributed by atoms with Gasteiger partial charge in [-0.25, -0.2) is 26.8 Å². The van der Waals surface area contributed by atoms with Crippen LogP contribution in [0.25, 0.3) is 11.1 Å². The molecule has 2 aromatic rings. The SMILES string of the molecule is CCN(C(=O)CNC(=O)OCC1c2ccccc2-c2ccccc21)[C@H]1C=C(S(N)(=O)=O)SC2=C1C[C@H](C)S2(=O)=O. The lowest BCUT2D eigenvalue weighted by Gasteiger charge is -2.32. The number of likely N-dealkylation sites (N-methyl/N-ethyl adjacent to an activating group) is 1. The van der Waals surface area contributed by atoms with Crippen LogP contribution in [0.15, 0.2) is 68.7 Å². The van der Waals surface area contributed by atoms with Crippen LogP contribution in [0.3, 0.4) is 0 Å². The van der Waals surface area contributed by atoms with Gasteiger partial charge in [0, 0.05) is 12.5 Å². The number of primary sulfonamides is 1. The molecule has 0 unspecified atom stereocenters. The summed E-state index contributed by atoms with van der Waals surface area (Å²) in [6, 6.07) is 14.9. The normalized spacial score (nSPS) is 21.2. The van der Waals surface area contributed by atoms with E-state index in [-0.39, 0.29) is 34.0 Å². The zero-order valence-corrected chi connectivity index (χ0v) is 24.3. The summed E-state index contributed by atoms with van der Waals surface area (Å²) in [6.45, 7) is 3.03. The van der Waals surface area contributed by atoms with Gasteiger partial charge < -0.3 is 15.0 Å². The van der Waals surface area contributed by atoms with Gasteiger partial charge in [0.25, 0.3) is 0 Å². The van der Waals surface area contributed by atoms with Crippen molar-refractivity contribution >= 4 is 43.6 Å². The molecule has 5 rings (SSSR count). The largest absolute Gasteiger partial charge is 0.449 e. The maximum Gasteiger partial charge on any atom is 0.407 e. The second-order valence-electron chi connectivity index (χ2n) is 9.81. The number of thioether (sulfide) groups is 1. The highest BCUT2D eigenvalue weighted by atomic mass is 32.3. The van der Waals surface area contributed by atoms with Crippen molar-refractivity contribution in [2.75, 3.05) is 19.7 Å². The number of hydrogen-bond acceptors (Lipinski definition) is 8. The number of nitrogens with two attached hydrogens (primary N) is 1. The fourth-order valence-corrected chi connectivity index (χ4v) is 9.91. The minimum Gasteiger partial charge on any atom is -0.449 e. The molecule has 2 atom stereocenters. The quantitative estimate of drug-likeness (QED) is 0.490. The topological polar surface area (TPSA) is 153 Å². The monoisotopic (exact) mass is 603 g/mol. The van der Waals surface area contributed by atoms with Crippen LogP contribution < -0.4 is 10.5 Å². The number of amides is 2. The minimum atomic E-state index is -4.22. The lowest BCUT2D eigenvalue weighted by molar-refractivity contribution is -0.130. The zero-order chi connectivity index (χ0) is 28.8. The first-order chi connectivity index (χ1) is 18.9. The number of sulfonamides is 1. The predicted molar refractivity (Wildman–Crippen MR) is 153 cm³/mol. The fourth-order valence-electron chi connectivity index (χ4n) is 5.45. The molecule has 2 amide bonds. The standard InChI is InChI=1S/C27H29N3O7S3/c1-3-30(23-13-25(40(28,35)36)38-26-21(23)12-16(2)39(26,33)34)24(31)14-29-27(32)37-15-22-19-10-6-4-8-17(19)18-9-5-7-11-20(18)22/h4-11,13,16,22-23H,3,12,14-15H2,1-2H3,(H,29,32)(H2,28,35,36)/t16-,23-/m0/s1. The summed E-state index contributed by atoms with van der Waals surface area (Å²) in [5.74, 6) is -0.666. The van der Waals surface area contributed by atoms with E-state index in [2.05, 4.69) is 5.32 Å². The first kappa shape index (κ1) is 28.4. The van der Waals surface area contributed by atoms with E-state index in [4.69, 9.17) is 9.88 Å². The van der Waals surface area contributed by atoms with Crippen molar-refractivity contribution < 1.29 is 31.2 Å². The Morgan fingerprint density at radius 3 is 2.27 bits per heavy atom. The number of nitrogens with one attached hydrogen (secondary N) is 1. The molecule has 0 aromatic heterocycles. The zero-order valence-electron chi connectivity index (χ0n) is 21.9. The number of fused-ring (bicyclic) bond motifs is 3. The van der Waals surface area contributed by atoms with E-state index in [9.17, 15) is 26.4 Å². The Morgan fingerprint density at radius 1 is 1.10 bits per heavy atom. The van der Waals surface area contributed by atoms with Gasteiger partial charge in [-0.15, -0.1) is 0 Å². The summed E-state index contributed by atoms with van der Waals surface area (Å²) in [7, 11) is -7.97. The Hall–Kier alpha value is -3.13. The highest BCUT2D eigenvalue weighted by molar-refractivity contribution is 8.27. The summed E-state index contributed by atoms with van der Waals surface area (Å²) in [5, 5.41) is 7.05. The van der Waals surface area contributed by atoms with Gasteiger partial charge >= 0.3 is 6.09 Å². The van der Waals surface area contributed by atoms with Crippen LogP contribution in [0.4, 0.5) is 4.79 Å². The van der Waals surface area contributed by atoms with Crippen molar-refractivity contribution in [3.05, 3.63) is 79.8 Å². The molecule has 13 heteroatoms. The molecule has 2 aromatic carbocycles. The molecule has 212 valence electrons. The number of rotatable bonds is 7. The number of hydrogen-bond donors (Lipinski definition) is 2. The summed E-state index contributed by atoms with van der Waals surface area (Å²) in [5.41, 5.74) is 4.75. The number of nitrogens with zero attached hydrogens (tertiary/aromatic N) is 1. The maximum absolute atomic E-state index is 13.2. The highest BCUT2D eigenvalue weighted by Gasteiger charge is 2.45. The van der Waals surface area contributed by atoms with E-state index in [1.807, 2.05) is 48.5 Å². The highest BCUT2D eigenvalue weighted by Crippen LogP contribution is 2.49. The molecule has 40 heavy (non-hydrogen) atoms. The summed E-state index contributed by atoms with van der Waals surface area (Å²) in [4.78, 5) is 27.2. The van der Waals surface area contributed by atoms with E-state index >= 15 is 0 Å². The third-order valence-electron chi connectivity index (χ3n) is 7.41.